The molecule has 2 aromatic rings. The number of allylic oxidation sites excluding steroid dienone is 1. The van der Waals surface area contributed by atoms with Crippen molar-refractivity contribution >= 4 is 10.9 Å². The molecule has 1 N–H and O–H groups in total. The zero-order valence-corrected chi connectivity index (χ0v) is 10.5. The maximum Gasteiger partial charge on any atom is 0.0746 e. The van der Waals surface area contributed by atoms with E-state index in [4.69, 9.17) is 0 Å². The molecule has 0 fully saturated rings. The summed E-state index contributed by atoms with van der Waals surface area (Å²) in [6, 6.07) is 11.0. The number of nitrogens with zero attached hydrogens (tertiary/aromatic N) is 1. The summed E-state index contributed by atoms with van der Waals surface area (Å²) in [7, 11) is 0. The van der Waals surface area contributed by atoms with Gasteiger partial charge in [0.25, 0.3) is 0 Å². The van der Waals surface area contributed by atoms with E-state index >= 15 is 0 Å². The van der Waals surface area contributed by atoms with Gasteiger partial charge in [-0.15, -0.1) is 0 Å². The summed E-state index contributed by atoms with van der Waals surface area (Å²) in [5, 5.41) is 4.82. The minimum Gasteiger partial charge on any atom is -0.306 e. The van der Waals surface area contributed by atoms with Crippen LogP contribution < -0.4 is 5.32 Å². The zero-order valence-electron chi connectivity index (χ0n) is 10.5. The first-order chi connectivity index (χ1) is 8.93. The maximum atomic E-state index is 4.49. The van der Waals surface area contributed by atoms with Gasteiger partial charge in [-0.2, -0.15) is 0 Å². The van der Waals surface area contributed by atoms with Gasteiger partial charge in [0, 0.05) is 24.2 Å². The monoisotopic (exact) mass is 238 g/mol. The molecule has 0 bridgehead atoms. The number of hydrogen-bond donors (Lipinski definition) is 1. The summed E-state index contributed by atoms with van der Waals surface area (Å²) < 4.78 is 0. The molecular formula is C16H18N2. The minimum atomic E-state index is 0.526. The van der Waals surface area contributed by atoms with Crippen LogP contribution in [0.3, 0.4) is 0 Å². The van der Waals surface area contributed by atoms with E-state index in [1.165, 1.54) is 30.2 Å². The third kappa shape index (κ3) is 2.44. The Labute approximate surface area is 108 Å². The molecule has 1 aliphatic rings. The lowest BCUT2D eigenvalue weighted by Gasteiger charge is -2.18. The fraction of sp³-hybridized carbons (Fsp3) is 0.312. The first-order valence-corrected chi connectivity index (χ1v) is 6.66. The van der Waals surface area contributed by atoms with Crippen molar-refractivity contribution in [3.05, 3.63) is 54.2 Å². The number of rotatable bonds is 3. The summed E-state index contributed by atoms with van der Waals surface area (Å²) in [6.45, 7) is 0.892. The molecule has 18 heavy (non-hydrogen) atoms. The van der Waals surface area contributed by atoms with Crippen molar-refractivity contribution in [2.75, 3.05) is 0 Å². The fourth-order valence-electron chi connectivity index (χ4n) is 2.53. The van der Waals surface area contributed by atoms with Crippen LogP contribution in [0.1, 0.15) is 24.8 Å². The number of pyridine rings is 1. The van der Waals surface area contributed by atoms with Crippen LogP contribution in [0.4, 0.5) is 0 Å². The Kier molecular flexibility index (Phi) is 3.37. The molecule has 1 aromatic carbocycles. The van der Waals surface area contributed by atoms with E-state index in [0.29, 0.717) is 6.04 Å². The lowest BCUT2D eigenvalue weighted by Crippen LogP contribution is -2.27. The predicted molar refractivity (Wildman–Crippen MR) is 75.4 cm³/mol. The van der Waals surface area contributed by atoms with Crippen molar-refractivity contribution in [3.8, 4) is 0 Å². The van der Waals surface area contributed by atoms with Gasteiger partial charge in [-0.25, -0.2) is 0 Å². The predicted octanol–water partition coefficient (Wildman–Crippen LogP) is 3.43. The molecule has 1 aromatic heterocycles. The number of fused-ring (bicyclic) bond motifs is 1. The molecule has 2 nitrogen and oxygen atoms in total. The molecule has 0 aliphatic heterocycles. The molecule has 0 saturated heterocycles. The van der Waals surface area contributed by atoms with Crippen molar-refractivity contribution < 1.29 is 0 Å². The first kappa shape index (κ1) is 11.4. The van der Waals surface area contributed by atoms with E-state index in [9.17, 15) is 0 Å². The number of para-hydroxylation sites is 1. The highest BCUT2D eigenvalue weighted by atomic mass is 14.9. The van der Waals surface area contributed by atoms with E-state index in [1.54, 1.807) is 0 Å². The van der Waals surface area contributed by atoms with Gasteiger partial charge >= 0.3 is 0 Å². The highest BCUT2D eigenvalue weighted by Gasteiger charge is 2.08. The average Bonchev–Trinajstić information content (AvgIpc) is 2.46. The van der Waals surface area contributed by atoms with E-state index in [1.807, 2.05) is 12.3 Å². The molecule has 0 radical (unpaired) electrons. The Morgan fingerprint density at radius 3 is 3.06 bits per heavy atom. The van der Waals surface area contributed by atoms with Crippen molar-refractivity contribution in [2.45, 2.75) is 31.8 Å². The highest BCUT2D eigenvalue weighted by Crippen LogP contribution is 2.17. The van der Waals surface area contributed by atoms with Crippen LogP contribution in [-0.4, -0.2) is 11.0 Å². The van der Waals surface area contributed by atoms with Crippen LogP contribution in [0, 0.1) is 0 Å². The molecular weight excluding hydrogens is 220 g/mol. The van der Waals surface area contributed by atoms with Crippen molar-refractivity contribution in [2.24, 2.45) is 0 Å². The molecule has 3 rings (SSSR count). The molecule has 1 unspecified atom stereocenters. The van der Waals surface area contributed by atoms with Gasteiger partial charge in [-0.3, -0.25) is 4.98 Å². The summed E-state index contributed by atoms with van der Waals surface area (Å²) >= 11 is 0. The van der Waals surface area contributed by atoms with Gasteiger partial charge in [0.2, 0.25) is 0 Å². The number of nitrogens with one attached hydrogen (secondary N) is 1. The zero-order chi connectivity index (χ0) is 12.2. The van der Waals surface area contributed by atoms with Crippen LogP contribution in [-0.2, 0) is 6.54 Å². The molecule has 0 saturated carbocycles. The standard InChI is InChI=1S/C16H18N2/c1-2-9-15(10-3-1)18-12-14-7-4-6-13-8-5-11-17-16(13)14/h2,4-9,11,15,18H,1,3,10,12H2. The molecule has 0 amide bonds. The quantitative estimate of drug-likeness (QED) is 0.829. The maximum absolute atomic E-state index is 4.49. The molecule has 1 atom stereocenters. The largest absolute Gasteiger partial charge is 0.306 e. The third-order valence-electron chi connectivity index (χ3n) is 3.53. The molecule has 2 heteroatoms. The normalized spacial score (nSPS) is 19.2. The van der Waals surface area contributed by atoms with E-state index in [0.717, 1.165) is 12.1 Å². The first-order valence-electron chi connectivity index (χ1n) is 6.66. The Balaban J connectivity index is 1.78. The van der Waals surface area contributed by atoms with Crippen molar-refractivity contribution in [3.63, 3.8) is 0 Å². The van der Waals surface area contributed by atoms with Crippen LogP contribution in [0.15, 0.2) is 48.7 Å². The van der Waals surface area contributed by atoms with Gasteiger partial charge in [-0.05, 0) is 30.9 Å². The molecule has 92 valence electrons. The lowest BCUT2D eigenvalue weighted by atomic mass is 10.0. The third-order valence-corrected chi connectivity index (χ3v) is 3.53. The summed E-state index contributed by atoms with van der Waals surface area (Å²) in [5.41, 5.74) is 2.40. The SMILES string of the molecule is C1=CC(NCc2cccc3cccnc23)CCC1. The molecule has 1 aliphatic carbocycles. The fourth-order valence-corrected chi connectivity index (χ4v) is 2.53. The van der Waals surface area contributed by atoms with Gasteiger partial charge < -0.3 is 5.32 Å². The van der Waals surface area contributed by atoms with Gasteiger partial charge in [0.05, 0.1) is 5.52 Å². The van der Waals surface area contributed by atoms with Gasteiger partial charge in [-0.1, -0.05) is 36.4 Å². The van der Waals surface area contributed by atoms with Crippen LogP contribution in [0.5, 0.6) is 0 Å². The summed E-state index contributed by atoms with van der Waals surface area (Å²) in [5.74, 6) is 0. The van der Waals surface area contributed by atoms with Crippen molar-refractivity contribution in [1.29, 1.82) is 0 Å². The topological polar surface area (TPSA) is 24.9 Å². The smallest absolute Gasteiger partial charge is 0.0746 e. The molecule has 1 heterocycles. The second kappa shape index (κ2) is 5.32. The van der Waals surface area contributed by atoms with E-state index in [-0.39, 0.29) is 0 Å². The highest BCUT2D eigenvalue weighted by molar-refractivity contribution is 5.81. The average molecular weight is 238 g/mol. The van der Waals surface area contributed by atoms with Gasteiger partial charge in [0.1, 0.15) is 0 Å². The second-order valence-electron chi connectivity index (χ2n) is 4.84. The Hall–Kier alpha value is -1.67. The Morgan fingerprint density at radius 1 is 1.22 bits per heavy atom. The number of aromatic nitrogens is 1. The number of hydrogen-bond acceptors (Lipinski definition) is 2. The minimum absolute atomic E-state index is 0.526. The van der Waals surface area contributed by atoms with Crippen LogP contribution in [0.2, 0.25) is 0 Å². The van der Waals surface area contributed by atoms with Crippen LogP contribution in [0.25, 0.3) is 10.9 Å². The summed E-state index contributed by atoms with van der Waals surface area (Å²) in [6.07, 6.45) is 10.2. The van der Waals surface area contributed by atoms with E-state index in [2.05, 4.69) is 46.7 Å². The van der Waals surface area contributed by atoms with Crippen LogP contribution >= 0.6 is 0 Å². The van der Waals surface area contributed by atoms with Crippen molar-refractivity contribution in [1.82, 2.24) is 10.3 Å². The number of benzene rings is 1. The molecule has 0 spiro atoms. The Morgan fingerprint density at radius 2 is 2.17 bits per heavy atom. The lowest BCUT2D eigenvalue weighted by molar-refractivity contribution is 0.523. The van der Waals surface area contributed by atoms with E-state index < -0.39 is 0 Å². The second-order valence-corrected chi connectivity index (χ2v) is 4.84. The van der Waals surface area contributed by atoms with Gasteiger partial charge in [0.15, 0.2) is 0 Å². The Bertz CT molecular complexity index is 555. The summed E-state index contributed by atoms with van der Waals surface area (Å²) in [4.78, 5) is 4.49.